The topological polar surface area (TPSA) is 136 Å². The van der Waals surface area contributed by atoms with Crippen LogP contribution in [0.4, 0.5) is 0 Å². The van der Waals surface area contributed by atoms with Crippen molar-refractivity contribution in [1.29, 1.82) is 0 Å². The molecule has 1 aliphatic heterocycles. The molecule has 0 radical (unpaired) electrons. The molecule has 5 aromatic rings. The van der Waals surface area contributed by atoms with Gasteiger partial charge < -0.3 is 24.6 Å². The lowest BCUT2D eigenvalue weighted by Gasteiger charge is -2.37. The van der Waals surface area contributed by atoms with Gasteiger partial charge in [-0.25, -0.2) is 9.97 Å². The smallest absolute Gasteiger partial charge is 0.270 e. The van der Waals surface area contributed by atoms with Crippen molar-refractivity contribution in [2.75, 3.05) is 33.4 Å². The Morgan fingerprint density at radius 3 is 2.76 bits per heavy atom. The zero-order chi connectivity index (χ0) is 28.3. The molecule has 4 aromatic heterocycles. The van der Waals surface area contributed by atoms with Crippen molar-refractivity contribution in [2.45, 2.75) is 18.5 Å². The number of benzene rings is 1. The number of carbonyl (C=O) groups is 1. The predicted molar refractivity (Wildman–Crippen MR) is 152 cm³/mol. The molecular weight excluding hydrogens is 546 g/mol. The number of aromatic nitrogens is 7. The maximum absolute atomic E-state index is 13.1. The van der Waals surface area contributed by atoms with E-state index in [2.05, 4.69) is 34.9 Å². The van der Waals surface area contributed by atoms with E-state index in [1.165, 1.54) is 11.0 Å². The van der Waals surface area contributed by atoms with Gasteiger partial charge >= 0.3 is 0 Å². The van der Waals surface area contributed by atoms with E-state index in [1.807, 2.05) is 37.4 Å². The number of likely N-dealkylation sites (N-methyl/N-ethyl adjacent to an activating group) is 1. The predicted octanol–water partition coefficient (Wildman–Crippen LogP) is 2.77. The van der Waals surface area contributed by atoms with Crippen molar-refractivity contribution in [3.05, 3.63) is 78.0 Å². The van der Waals surface area contributed by atoms with Gasteiger partial charge in [0.1, 0.15) is 29.4 Å². The molecule has 1 saturated heterocycles. The summed E-state index contributed by atoms with van der Waals surface area (Å²) in [4.78, 5) is 30.4. The van der Waals surface area contributed by atoms with Crippen molar-refractivity contribution < 1.29 is 14.6 Å². The van der Waals surface area contributed by atoms with Crippen LogP contribution < -0.4 is 10.1 Å². The van der Waals surface area contributed by atoms with Gasteiger partial charge in [-0.15, -0.1) is 4.80 Å². The Morgan fingerprint density at radius 2 is 1.95 bits per heavy atom. The average Bonchev–Trinajstić information content (AvgIpc) is 3.64. The van der Waals surface area contributed by atoms with Crippen LogP contribution in [0.3, 0.4) is 0 Å². The molecule has 0 aliphatic carbocycles. The Balaban J connectivity index is 1.42. The summed E-state index contributed by atoms with van der Waals surface area (Å²) >= 11 is 6.09. The summed E-state index contributed by atoms with van der Waals surface area (Å²) in [5.74, 6) is 1.59. The molecule has 2 unspecified atom stereocenters. The third kappa shape index (κ3) is 5.62. The molecule has 2 N–H and O–H groups in total. The van der Waals surface area contributed by atoms with Crippen LogP contribution >= 0.6 is 11.6 Å². The minimum absolute atomic E-state index is 0.0712. The van der Waals surface area contributed by atoms with Gasteiger partial charge in [-0.3, -0.25) is 9.78 Å². The highest BCUT2D eigenvalue weighted by molar-refractivity contribution is 6.30. The van der Waals surface area contributed by atoms with Crippen LogP contribution in [-0.4, -0.2) is 89.8 Å². The van der Waals surface area contributed by atoms with Crippen molar-refractivity contribution in [3.8, 4) is 23.0 Å². The van der Waals surface area contributed by atoms with E-state index in [0.717, 1.165) is 17.6 Å². The highest BCUT2D eigenvalue weighted by Gasteiger charge is 2.31. The van der Waals surface area contributed by atoms with Crippen molar-refractivity contribution in [2.24, 2.45) is 0 Å². The summed E-state index contributed by atoms with van der Waals surface area (Å²) in [6, 6.07) is 12.5. The number of para-hydroxylation sites is 1. The van der Waals surface area contributed by atoms with Crippen LogP contribution in [0.2, 0.25) is 5.02 Å². The SMILES string of the molecule is CN1CC(NC(=O)c2cc(Cl)ccn2)CC(n2c(-c3ccccc3OCCO)nc3cnc(-n4nccn4)cc32)C1. The number of rotatable bonds is 8. The molecule has 0 spiro atoms. The minimum Gasteiger partial charge on any atom is -0.490 e. The molecule has 13 heteroatoms. The fourth-order valence-electron chi connectivity index (χ4n) is 5.29. The van der Waals surface area contributed by atoms with Gasteiger partial charge in [0.2, 0.25) is 0 Å². The lowest BCUT2D eigenvalue weighted by atomic mass is 9.99. The van der Waals surface area contributed by atoms with Gasteiger partial charge in [0.15, 0.2) is 5.82 Å². The summed E-state index contributed by atoms with van der Waals surface area (Å²) < 4.78 is 8.07. The fraction of sp³-hybridized carbons (Fsp3) is 0.286. The van der Waals surface area contributed by atoms with Gasteiger partial charge in [-0.05, 0) is 37.7 Å². The van der Waals surface area contributed by atoms with Crippen molar-refractivity contribution >= 4 is 28.5 Å². The third-order valence-electron chi connectivity index (χ3n) is 6.93. The van der Waals surface area contributed by atoms with Crippen LogP contribution in [0.1, 0.15) is 23.0 Å². The molecule has 1 aliphatic rings. The number of amides is 1. The van der Waals surface area contributed by atoms with Crippen LogP contribution in [0.25, 0.3) is 28.2 Å². The molecule has 41 heavy (non-hydrogen) atoms. The number of hydrogen-bond donors (Lipinski definition) is 2. The number of ether oxygens (including phenoxy) is 1. The Morgan fingerprint density at radius 1 is 1.12 bits per heavy atom. The first kappa shape index (κ1) is 26.8. The molecule has 1 amide bonds. The fourth-order valence-corrected chi connectivity index (χ4v) is 5.45. The number of aliphatic hydroxyl groups excluding tert-OH is 1. The van der Waals surface area contributed by atoms with Crippen molar-refractivity contribution in [3.63, 3.8) is 0 Å². The second kappa shape index (κ2) is 11.6. The highest BCUT2D eigenvalue weighted by atomic mass is 35.5. The van der Waals surface area contributed by atoms with Gasteiger partial charge in [0, 0.05) is 36.4 Å². The van der Waals surface area contributed by atoms with E-state index >= 15 is 0 Å². The van der Waals surface area contributed by atoms with Gasteiger partial charge in [-0.1, -0.05) is 23.7 Å². The van der Waals surface area contributed by atoms with Crippen LogP contribution in [0, 0.1) is 0 Å². The summed E-state index contributed by atoms with van der Waals surface area (Å²) in [7, 11) is 2.03. The maximum Gasteiger partial charge on any atom is 0.270 e. The third-order valence-corrected chi connectivity index (χ3v) is 7.16. The molecule has 210 valence electrons. The lowest BCUT2D eigenvalue weighted by Crippen LogP contribution is -2.50. The molecule has 1 aromatic carbocycles. The van der Waals surface area contributed by atoms with Gasteiger partial charge in [0.25, 0.3) is 5.91 Å². The Bertz CT molecular complexity index is 1670. The van der Waals surface area contributed by atoms with Gasteiger partial charge in [-0.2, -0.15) is 10.2 Å². The number of likely N-dealkylation sites (tertiary alicyclic amines) is 1. The summed E-state index contributed by atoms with van der Waals surface area (Å²) in [5, 5.41) is 21.5. The van der Waals surface area contributed by atoms with Gasteiger partial charge in [0.05, 0.1) is 42.3 Å². The highest BCUT2D eigenvalue weighted by Crippen LogP contribution is 2.36. The number of pyridine rings is 2. The van der Waals surface area contributed by atoms with Crippen LogP contribution in [0.15, 0.2) is 67.3 Å². The quantitative estimate of drug-likeness (QED) is 0.287. The number of carbonyl (C=O) groups excluding carboxylic acids is 1. The zero-order valence-electron chi connectivity index (χ0n) is 22.3. The largest absolute Gasteiger partial charge is 0.490 e. The summed E-state index contributed by atoms with van der Waals surface area (Å²) in [5.41, 5.74) is 2.60. The standard InChI is InChI=1S/C28H28ClN9O3/c1-36-16-19(34-28(40)22-12-18(29)6-7-30-22)13-20(17-36)37-24-14-26(38-32-8-9-33-38)31-15-23(24)35-27(37)21-4-2-3-5-25(21)41-11-10-39/h2-9,12,14-15,19-20,39H,10-11,13,16-17H2,1H3,(H,34,40). The maximum atomic E-state index is 13.1. The second-order valence-electron chi connectivity index (χ2n) is 9.86. The molecule has 1 fully saturated rings. The number of piperidine rings is 1. The Hall–Kier alpha value is -4.39. The average molecular weight is 574 g/mol. The molecule has 5 heterocycles. The van der Waals surface area contributed by atoms with E-state index in [4.69, 9.17) is 21.3 Å². The number of nitrogens with one attached hydrogen (secondary N) is 1. The Labute approximate surface area is 240 Å². The number of halogens is 1. The van der Waals surface area contributed by atoms with Crippen LogP contribution in [-0.2, 0) is 0 Å². The van der Waals surface area contributed by atoms with Crippen molar-refractivity contribution in [1.82, 2.24) is 44.7 Å². The number of imidazole rings is 1. The van der Waals surface area contributed by atoms with E-state index in [0.29, 0.717) is 40.9 Å². The minimum atomic E-state index is -0.277. The van der Waals surface area contributed by atoms with E-state index in [1.54, 1.807) is 30.7 Å². The molecule has 12 nitrogen and oxygen atoms in total. The molecule has 2 atom stereocenters. The van der Waals surface area contributed by atoms with E-state index in [9.17, 15) is 9.90 Å². The molecule has 0 saturated carbocycles. The first-order valence-electron chi connectivity index (χ1n) is 13.2. The van der Waals surface area contributed by atoms with E-state index < -0.39 is 0 Å². The first-order chi connectivity index (χ1) is 20.0. The molecular formula is C28H28ClN9O3. The lowest BCUT2D eigenvalue weighted by molar-refractivity contribution is 0.0889. The number of hydrogen-bond acceptors (Lipinski definition) is 9. The summed E-state index contributed by atoms with van der Waals surface area (Å²) in [6.45, 7) is 1.44. The normalized spacial score (nSPS) is 17.5. The molecule has 0 bridgehead atoms. The number of aliphatic hydroxyl groups is 1. The monoisotopic (exact) mass is 573 g/mol. The van der Waals surface area contributed by atoms with E-state index in [-0.39, 0.29) is 36.9 Å². The first-order valence-corrected chi connectivity index (χ1v) is 13.6. The Kier molecular flexibility index (Phi) is 7.59. The summed E-state index contributed by atoms with van der Waals surface area (Å²) in [6.07, 6.45) is 7.07. The number of nitrogens with zero attached hydrogens (tertiary/aromatic N) is 8. The van der Waals surface area contributed by atoms with Crippen LogP contribution in [0.5, 0.6) is 5.75 Å². The molecule has 6 rings (SSSR count). The zero-order valence-corrected chi connectivity index (χ0v) is 23.0. The number of fused-ring (bicyclic) bond motifs is 1. The second-order valence-corrected chi connectivity index (χ2v) is 10.3.